The van der Waals surface area contributed by atoms with Crippen LogP contribution >= 0.6 is 0 Å². The molecule has 5 N–H and O–H groups in total. The lowest BCUT2D eigenvalue weighted by Gasteiger charge is -2.29. The van der Waals surface area contributed by atoms with E-state index in [4.69, 9.17) is 9.47 Å². The summed E-state index contributed by atoms with van der Waals surface area (Å²) in [4.78, 5) is 12.9. The van der Waals surface area contributed by atoms with Crippen molar-refractivity contribution in [3.8, 4) is 0 Å². The first-order valence-corrected chi connectivity index (χ1v) is 14.7. The fourth-order valence-electron chi connectivity index (χ4n) is 5.11. The highest BCUT2D eigenvalue weighted by atomic mass is 16.6. The van der Waals surface area contributed by atoms with Gasteiger partial charge in [0.2, 0.25) is 0 Å². The number of allylic oxidation sites excluding steroid dienone is 3. The summed E-state index contributed by atoms with van der Waals surface area (Å²) in [6.07, 6.45) is 8.20. The third-order valence-corrected chi connectivity index (χ3v) is 8.41. The largest absolute Gasteiger partial charge is 0.458 e. The minimum Gasteiger partial charge on any atom is -0.458 e. The van der Waals surface area contributed by atoms with E-state index < -0.39 is 60.7 Å². The van der Waals surface area contributed by atoms with Crippen LogP contribution in [0.1, 0.15) is 74.1 Å². The van der Waals surface area contributed by atoms with Crippen molar-refractivity contribution in [1.82, 2.24) is 0 Å². The number of aliphatic hydroxyl groups excluding tert-OH is 5. The van der Waals surface area contributed by atoms with Crippen LogP contribution in [-0.2, 0) is 14.3 Å². The SMILES string of the molecule is CC1=CC(C)C(O)C2OC2C(O)CC=CCC(C(C)CC=CCC(O)C(C)C(O)C(C)C(C)O)OC(=O)C(C)=C1. The van der Waals surface area contributed by atoms with Crippen molar-refractivity contribution >= 4 is 5.97 Å². The molecule has 0 radical (unpaired) electrons. The van der Waals surface area contributed by atoms with Crippen molar-refractivity contribution in [2.75, 3.05) is 0 Å². The molecule has 2 rings (SSSR count). The normalized spacial score (nSPS) is 33.1. The van der Waals surface area contributed by atoms with Gasteiger partial charge in [0.25, 0.3) is 0 Å². The molecule has 0 aromatic rings. The van der Waals surface area contributed by atoms with Gasteiger partial charge in [-0.15, -0.1) is 0 Å². The van der Waals surface area contributed by atoms with Crippen LogP contribution in [0.15, 0.2) is 47.6 Å². The molecule has 8 heteroatoms. The van der Waals surface area contributed by atoms with Gasteiger partial charge in [0.1, 0.15) is 18.3 Å². The molecule has 2 aliphatic rings. The Hall–Kier alpha value is -1.81. The van der Waals surface area contributed by atoms with Gasteiger partial charge in [-0.05, 0) is 52.0 Å². The topological polar surface area (TPSA) is 140 Å². The Kier molecular flexibility index (Phi) is 13.7. The fourth-order valence-corrected chi connectivity index (χ4v) is 5.11. The minimum atomic E-state index is -0.814. The average molecular weight is 565 g/mol. The van der Waals surface area contributed by atoms with E-state index in [1.54, 1.807) is 33.8 Å². The van der Waals surface area contributed by atoms with E-state index in [1.165, 1.54) is 0 Å². The van der Waals surface area contributed by atoms with E-state index in [-0.39, 0.29) is 17.8 Å². The Balaban J connectivity index is 2.07. The van der Waals surface area contributed by atoms with Crippen LogP contribution in [0.3, 0.4) is 0 Å². The molecular formula is C32H52O8. The highest BCUT2D eigenvalue weighted by Gasteiger charge is 2.49. The molecule has 8 nitrogen and oxygen atoms in total. The highest BCUT2D eigenvalue weighted by Crippen LogP contribution is 2.34. The van der Waals surface area contributed by atoms with Crippen molar-refractivity contribution in [3.05, 3.63) is 47.6 Å². The maximum atomic E-state index is 12.9. The van der Waals surface area contributed by atoms with Crippen LogP contribution in [0.25, 0.3) is 0 Å². The summed E-state index contributed by atoms with van der Waals surface area (Å²) in [6.45, 7) is 12.6. The second kappa shape index (κ2) is 16.0. The van der Waals surface area contributed by atoms with E-state index in [2.05, 4.69) is 0 Å². The summed E-state index contributed by atoms with van der Waals surface area (Å²) in [6, 6.07) is 0. The number of fused-ring (bicyclic) bond motifs is 1. The van der Waals surface area contributed by atoms with Crippen molar-refractivity contribution in [1.29, 1.82) is 0 Å². The summed E-state index contributed by atoms with van der Waals surface area (Å²) >= 11 is 0. The molecule has 1 saturated heterocycles. The number of carbonyl (C=O) groups excluding carboxylic acids is 1. The van der Waals surface area contributed by atoms with Crippen molar-refractivity contribution in [2.45, 2.75) is 123 Å². The molecular weight excluding hydrogens is 512 g/mol. The zero-order chi connectivity index (χ0) is 30.1. The van der Waals surface area contributed by atoms with Gasteiger partial charge in [0, 0.05) is 29.7 Å². The number of hydrogen-bond donors (Lipinski definition) is 5. The molecule has 0 spiro atoms. The third-order valence-electron chi connectivity index (χ3n) is 8.41. The smallest absolute Gasteiger partial charge is 0.334 e. The maximum Gasteiger partial charge on any atom is 0.334 e. The molecule has 228 valence electrons. The quantitative estimate of drug-likeness (QED) is 0.163. The van der Waals surface area contributed by atoms with Crippen LogP contribution in [0.5, 0.6) is 0 Å². The zero-order valence-corrected chi connectivity index (χ0v) is 25.2. The highest BCUT2D eigenvalue weighted by molar-refractivity contribution is 5.88. The van der Waals surface area contributed by atoms with E-state index in [1.807, 2.05) is 51.2 Å². The Morgan fingerprint density at radius 3 is 2.23 bits per heavy atom. The van der Waals surface area contributed by atoms with Gasteiger partial charge in [-0.25, -0.2) is 4.79 Å². The molecule has 12 unspecified atom stereocenters. The first-order chi connectivity index (χ1) is 18.7. The zero-order valence-electron chi connectivity index (χ0n) is 25.2. The van der Waals surface area contributed by atoms with Crippen LogP contribution in [0.2, 0.25) is 0 Å². The van der Waals surface area contributed by atoms with Crippen LogP contribution in [-0.4, -0.2) is 80.3 Å². The Labute approximate surface area is 240 Å². The Morgan fingerprint density at radius 2 is 1.57 bits per heavy atom. The second-order valence-corrected chi connectivity index (χ2v) is 12.0. The van der Waals surface area contributed by atoms with Gasteiger partial charge in [0.15, 0.2) is 0 Å². The third kappa shape index (κ3) is 10.2. The van der Waals surface area contributed by atoms with Crippen LogP contribution in [0, 0.1) is 23.7 Å². The van der Waals surface area contributed by atoms with Crippen molar-refractivity contribution in [2.24, 2.45) is 23.7 Å². The van der Waals surface area contributed by atoms with Gasteiger partial charge in [-0.1, -0.05) is 63.6 Å². The number of ether oxygens (including phenoxy) is 2. The average Bonchev–Trinajstić information content (AvgIpc) is 3.70. The summed E-state index contributed by atoms with van der Waals surface area (Å²) in [5, 5.41) is 51.8. The predicted molar refractivity (Wildman–Crippen MR) is 155 cm³/mol. The lowest BCUT2D eigenvalue weighted by atomic mass is 9.85. The van der Waals surface area contributed by atoms with E-state index in [9.17, 15) is 30.3 Å². The van der Waals surface area contributed by atoms with Gasteiger partial charge in [0.05, 0.1) is 30.5 Å². The Bertz CT molecular complexity index is 922. The molecule has 2 aliphatic heterocycles. The molecule has 0 aliphatic carbocycles. The van der Waals surface area contributed by atoms with Crippen molar-refractivity contribution in [3.63, 3.8) is 0 Å². The van der Waals surface area contributed by atoms with Gasteiger partial charge >= 0.3 is 5.97 Å². The summed E-state index contributed by atoms with van der Waals surface area (Å²) in [5.74, 6) is -1.36. The fraction of sp³-hybridized carbons (Fsp3) is 0.719. The second-order valence-electron chi connectivity index (χ2n) is 12.0. The molecule has 40 heavy (non-hydrogen) atoms. The van der Waals surface area contributed by atoms with Crippen molar-refractivity contribution < 1.29 is 39.8 Å². The van der Waals surface area contributed by atoms with Gasteiger partial charge in [-0.2, -0.15) is 0 Å². The van der Waals surface area contributed by atoms with E-state index >= 15 is 0 Å². The van der Waals surface area contributed by atoms with Crippen LogP contribution < -0.4 is 0 Å². The van der Waals surface area contributed by atoms with E-state index in [0.717, 1.165) is 5.57 Å². The number of hydrogen-bond acceptors (Lipinski definition) is 8. The van der Waals surface area contributed by atoms with Gasteiger partial charge in [-0.3, -0.25) is 0 Å². The molecule has 0 bridgehead atoms. The number of carbonyl (C=O) groups is 1. The standard InChI is InChI=1S/C32H52O8/c1-18-16-20(3)28(36)31-30(40-31)26(35)14-10-11-15-27(39-32(38)21(4)17-18)19(2)12-8-9-13-25(34)23(6)29(37)22(5)24(7)33/h8-11,16-17,19-20,22-31,33-37H,12-15H2,1-7H3. The summed E-state index contributed by atoms with van der Waals surface area (Å²) in [5.41, 5.74) is 1.30. The van der Waals surface area contributed by atoms with Crippen LogP contribution in [0.4, 0.5) is 0 Å². The number of rotatable bonds is 9. The van der Waals surface area contributed by atoms with E-state index in [0.29, 0.717) is 31.3 Å². The Morgan fingerprint density at radius 1 is 0.950 bits per heavy atom. The molecule has 0 saturated carbocycles. The lowest BCUT2D eigenvalue weighted by Crippen LogP contribution is -2.38. The molecule has 0 amide bonds. The number of epoxide rings is 1. The lowest BCUT2D eigenvalue weighted by molar-refractivity contribution is -0.146. The maximum absolute atomic E-state index is 12.9. The molecule has 2 heterocycles. The molecule has 0 aromatic carbocycles. The first kappa shape index (κ1) is 34.4. The van der Waals surface area contributed by atoms with Gasteiger partial charge < -0.3 is 35.0 Å². The monoisotopic (exact) mass is 564 g/mol. The first-order valence-electron chi connectivity index (χ1n) is 14.7. The minimum absolute atomic E-state index is 0.0140. The summed E-state index contributed by atoms with van der Waals surface area (Å²) < 4.78 is 11.5. The number of aliphatic hydroxyl groups is 5. The number of esters is 1. The summed E-state index contributed by atoms with van der Waals surface area (Å²) in [7, 11) is 0. The molecule has 12 atom stereocenters. The molecule has 1 fully saturated rings. The number of cyclic esters (lactones) is 1. The molecule has 0 aromatic heterocycles. The predicted octanol–water partition coefficient (Wildman–Crippen LogP) is 3.61.